The molecule has 9 aromatic rings. The summed E-state index contributed by atoms with van der Waals surface area (Å²) in [4.78, 5) is 4.95. The van der Waals surface area contributed by atoms with Gasteiger partial charge in [0, 0.05) is 25.8 Å². The molecule has 0 spiro atoms. The van der Waals surface area contributed by atoms with E-state index in [0.717, 1.165) is 118 Å². The van der Waals surface area contributed by atoms with Gasteiger partial charge >= 0.3 is 0 Å². The van der Waals surface area contributed by atoms with Gasteiger partial charge in [0.25, 0.3) is 6.33 Å². The fourth-order valence-electron chi connectivity index (χ4n) is 10.2. The minimum absolute atomic E-state index is 0.0397. The quantitative estimate of drug-likeness (QED) is 0.113. The molecule has 5 nitrogen and oxygen atoms in total. The lowest BCUT2D eigenvalue weighted by Crippen LogP contribution is -2.34. The molecule has 314 valence electrons. The van der Waals surface area contributed by atoms with Crippen molar-refractivity contribution in [2.45, 2.75) is 102 Å². The molecule has 6 aromatic carbocycles. The van der Waals surface area contributed by atoms with Gasteiger partial charge in [0.15, 0.2) is 0 Å². The Balaban J connectivity index is 1.02. The third kappa shape index (κ3) is 7.41. The first-order valence-electron chi connectivity index (χ1n) is 24.0. The van der Waals surface area contributed by atoms with Crippen molar-refractivity contribution in [3.05, 3.63) is 175 Å². The highest BCUT2D eigenvalue weighted by Gasteiger charge is 2.27. The Hall–Kier alpha value is -6.46. The molecule has 0 bridgehead atoms. The number of fused-ring (bicyclic) bond motifs is 4. The number of imidazole rings is 1. The van der Waals surface area contributed by atoms with Crippen LogP contribution < -0.4 is 9.30 Å². The van der Waals surface area contributed by atoms with Crippen LogP contribution in [0.1, 0.15) is 116 Å². The first kappa shape index (κ1) is 37.1. The van der Waals surface area contributed by atoms with Gasteiger partial charge in [0.05, 0.1) is 33.4 Å². The summed E-state index contributed by atoms with van der Waals surface area (Å²) in [7, 11) is 0. The first-order chi connectivity index (χ1) is 31.6. The molecule has 0 amide bonds. The highest BCUT2D eigenvalue weighted by atomic mass is 16.5. The standard InChI is InChI=1S/C58H56N4O/c1-58(2,3)44-33-34-59-56(36-44)62-52-32-29-43(40-17-7-4-8-18-40)35-51(52)50-31-30-47(38-55(50)62)63-46-24-15-23-45(37-46)60-39-61(54-28-14-13-27-53(54)60)57-48(41-19-9-5-10-20-41)25-16-26-49(57)42-21-11-6-12-22-42/h4,7-8,13-18,23-38,41-42H,5-6,9-12,19-22H2,1-3H3/i41D,42D. The second-order valence-corrected chi connectivity index (χ2v) is 18.7. The summed E-state index contributed by atoms with van der Waals surface area (Å²) in [5, 5.41) is 2.29. The van der Waals surface area contributed by atoms with Crippen LogP contribution in [-0.4, -0.2) is 14.1 Å². The molecule has 11 rings (SSSR count). The molecule has 2 saturated carbocycles. The van der Waals surface area contributed by atoms with Crippen molar-refractivity contribution in [1.29, 1.82) is 0 Å². The van der Waals surface area contributed by atoms with Crippen molar-refractivity contribution >= 4 is 32.8 Å². The van der Waals surface area contributed by atoms with Crippen molar-refractivity contribution < 1.29 is 12.0 Å². The maximum Gasteiger partial charge on any atom is 0.269 e. The highest BCUT2D eigenvalue weighted by molar-refractivity contribution is 6.10. The molecule has 63 heavy (non-hydrogen) atoms. The number of para-hydroxylation sites is 3. The van der Waals surface area contributed by atoms with Crippen molar-refractivity contribution in [2.24, 2.45) is 0 Å². The third-order valence-corrected chi connectivity index (χ3v) is 13.5. The van der Waals surface area contributed by atoms with E-state index in [1.807, 2.05) is 18.3 Å². The van der Waals surface area contributed by atoms with Crippen LogP contribution in [0.3, 0.4) is 0 Å². The summed E-state index contributed by atoms with van der Waals surface area (Å²) in [6, 6.07) is 51.1. The fraction of sp³-hybridized carbons (Fsp3) is 0.276. The molecule has 0 radical (unpaired) electrons. The number of nitrogens with zero attached hydrogens (tertiary/aromatic N) is 4. The lowest BCUT2D eigenvalue weighted by molar-refractivity contribution is -0.573. The average molecular weight is 827 g/mol. The van der Waals surface area contributed by atoms with E-state index >= 15 is 0 Å². The van der Waals surface area contributed by atoms with Gasteiger partial charge in [-0.15, -0.1) is 0 Å². The van der Waals surface area contributed by atoms with Crippen LogP contribution in [0.2, 0.25) is 0 Å². The van der Waals surface area contributed by atoms with Crippen LogP contribution in [0.15, 0.2) is 152 Å². The number of hydrogen-bond donors (Lipinski definition) is 0. The summed E-state index contributed by atoms with van der Waals surface area (Å²) in [5.41, 5.74) is 11.6. The van der Waals surface area contributed by atoms with Crippen LogP contribution in [0, 0.1) is 6.33 Å². The lowest BCUT2D eigenvalue weighted by Gasteiger charge is -2.30. The van der Waals surface area contributed by atoms with Gasteiger partial charge in [-0.05, 0) is 125 Å². The van der Waals surface area contributed by atoms with E-state index < -0.39 is 11.8 Å². The largest absolute Gasteiger partial charge is 0.458 e. The second-order valence-electron chi connectivity index (χ2n) is 18.7. The number of ether oxygens (including phenoxy) is 1. The molecule has 3 heterocycles. The zero-order valence-corrected chi connectivity index (χ0v) is 36.7. The fourth-order valence-corrected chi connectivity index (χ4v) is 10.2. The maximum absolute atomic E-state index is 9.95. The molecule has 2 fully saturated rings. The SMILES string of the molecule is [2H]C1(c2cccc(C3([2H])CCCCC3)c2-[n+]2[c-]n(-c3cccc(Oc4ccc5c6cc(-c7ccccc7)ccc6n(-c6cc(C(C)(C)C)ccn6)c5c4)c3)c3ccccc32)CCCCC1. The summed E-state index contributed by atoms with van der Waals surface area (Å²) in [6.45, 7) is 6.72. The van der Waals surface area contributed by atoms with Crippen LogP contribution in [0.25, 0.3) is 61.2 Å². The van der Waals surface area contributed by atoms with Crippen molar-refractivity contribution in [2.75, 3.05) is 0 Å². The van der Waals surface area contributed by atoms with Crippen LogP contribution >= 0.6 is 0 Å². The van der Waals surface area contributed by atoms with E-state index in [-0.39, 0.29) is 5.41 Å². The Morgan fingerprint density at radius 2 is 1.30 bits per heavy atom. The normalized spacial score (nSPS) is 16.9. The van der Waals surface area contributed by atoms with Crippen LogP contribution in [0.4, 0.5) is 0 Å². The number of hydrogen-bond acceptors (Lipinski definition) is 2. The van der Waals surface area contributed by atoms with E-state index in [1.165, 1.54) is 29.5 Å². The Bertz CT molecular complexity index is 3180. The van der Waals surface area contributed by atoms with Gasteiger partial charge in [-0.2, -0.15) is 0 Å². The molecule has 2 aliphatic carbocycles. The third-order valence-electron chi connectivity index (χ3n) is 13.5. The van der Waals surface area contributed by atoms with Crippen LogP contribution in [-0.2, 0) is 5.41 Å². The molecule has 5 heteroatoms. The summed E-state index contributed by atoms with van der Waals surface area (Å²) in [5.74, 6) is 0.883. The van der Waals surface area contributed by atoms with Gasteiger partial charge in [0.2, 0.25) is 0 Å². The molecular formula is C58H56N4O. The van der Waals surface area contributed by atoms with Crippen molar-refractivity contribution in [1.82, 2.24) is 14.1 Å². The summed E-state index contributed by atoms with van der Waals surface area (Å²) >= 11 is 0. The molecule has 3 aromatic heterocycles. The van der Waals surface area contributed by atoms with E-state index in [0.29, 0.717) is 5.75 Å². The van der Waals surface area contributed by atoms with Gasteiger partial charge in [-0.1, -0.05) is 144 Å². The van der Waals surface area contributed by atoms with E-state index in [4.69, 9.17) is 9.72 Å². The topological polar surface area (TPSA) is 35.9 Å². The molecule has 0 aliphatic heterocycles. The average Bonchev–Trinajstić information content (AvgIpc) is 3.87. The van der Waals surface area contributed by atoms with E-state index in [9.17, 15) is 2.74 Å². The minimum atomic E-state index is -0.713. The zero-order valence-electron chi connectivity index (χ0n) is 38.7. The second kappa shape index (κ2) is 16.3. The Labute approximate surface area is 374 Å². The van der Waals surface area contributed by atoms with Crippen LogP contribution in [0.5, 0.6) is 11.5 Å². The maximum atomic E-state index is 9.95. The predicted octanol–water partition coefficient (Wildman–Crippen LogP) is 15.1. The number of aromatic nitrogens is 4. The number of rotatable bonds is 8. The Kier molecular flexibility index (Phi) is 9.63. The molecular weight excluding hydrogens is 769 g/mol. The Morgan fingerprint density at radius 1 is 0.603 bits per heavy atom. The molecule has 2 aliphatic rings. The van der Waals surface area contributed by atoms with Gasteiger partial charge in [-0.25, -0.2) is 4.98 Å². The molecule has 0 saturated heterocycles. The number of pyridine rings is 1. The number of benzene rings is 6. The van der Waals surface area contributed by atoms with E-state index in [1.54, 1.807) is 0 Å². The predicted molar refractivity (Wildman–Crippen MR) is 258 cm³/mol. The lowest BCUT2D eigenvalue weighted by atomic mass is 9.78. The minimum Gasteiger partial charge on any atom is -0.458 e. The first-order valence-corrected chi connectivity index (χ1v) is 23.0. The highest BCUT2D eigenvalue weighted by Crippen LogP contribution is 2.42. The molecule has 0 atom stereocenters. The summed E-state index contributed by atoms with van der Waals surface area (Å²) in [6.07, 6.45) is 15.6. The van der Waals surface area contributed by atoms with Crippen molar-refractivity contribution in [3.63, 3.8) is 0 Å². The smallest absolute Gasteiger partial charge is 0.269 e. The van der Waals surface area contributed by atoms with Gasteiger partial charge in [-0.3, -0.25) is 13.7 Å². The zero-order chi connectivity index (χ0) is 44.3. The van der Waals surface area contributed by atoms with Gasteiger partial charge in [0.1, 0.15) is 17.3 Å². The monoisotopic (exact) mass is 826 g/mol. The molecule has 0 unspecified atom stereocenters. The van der Waals surface area contributed by atoms with Gasteiger partial charge < -0.3 is 4.74 Å². The molecule has 0 N–H and O–H groups in total. The van der Waals surface area contributed by atoms with Crippen molar-refractivity contribution in [3.8, 4) is 39.8 Å². The van der Waals surface area contributed by atoms with E-state index in [2.05, 4.69) is 174 Å². The Morgan fingerprint density at radius 3 is 2.05 bits per heavy atom. The summed E-state index contributed by atoms with van der Waals surface area (Å²) < 4.78 is 33.3.